The molecular weight excluding hydrogens is 302 g/mol. The number of phenols is 1. The molecule has 0 spiro atoms. The summed E-state index contributed by atoms with van der Waals surface area (Å²) in [5.41, 5.74) is 10.1. The number of aromatic hydroxyl groups is 1. The van der Waals surface area contributed by atoms with Crippen molar-refractivity contribution in [2.45, 2.75) is 37.0 Å². The van der Waals surface area contributed by atoms with Crippen molar-refractivity contribution in [3.8, 4) is 5.75 Å². The number of rotatable bonds is 3. The molecule has 0 saturated heterocycles. The van der Waals surface area contributed by atoms with E-state index in [4.69, 9.17) is 5.73 Å². The monoisotopic (exact) mass is 325 g/mol. The van der Waals surface area contributed by atoms with Crippen LogP contribution in [-0.4, -0.2) is 16.4 Å². The van der Waals surface area contributed by atoms with Gasteiger partial charge in [0.1, 0.15) is 5.75 Å². The third kappa shape index (κ3) is 3.31. The molecule has 0 fully saturated rings. The standard InChI is InChI=1S/C20H23NOS/c1-20(2)17-13-16(22)9-8-15(17)12-18(19(20)21)23-11-10-14-6-4-3-5-7-14/h3-11,13,18-19,22H,12,21H2,1-2H3/t18-,19+/m0/s1. The van der Waals surface area contributed by atoms with Gasteiger partial charge in [0.15, 0.2) is 0 Å². The molecule has 0 aromatic heterocycles. The summed E-state index contributed by atoms with van der Waals surface area (Å²) >= 11 is 1.80. The van der Waals surface area contributed by atoms with Gasteiger partial charge in [0.05, 0.1) is 0 Å². The maximum absolute atomic E-state index is 9.78. The van der Waals surface area contributed by atoms with Crippen LogP contribution >= 0.6 is 11.8 Å². The fraction of sp³-hybridized carbons (Fsp3) is 0.300. The van der Waals surface area contributed by atoms with Crippen molar-refractivity contribution >= 4 is 17.8 Å². The third-order valence-electron chi connectivity index (χ3n) is 4.76. The predicted molar refractivity (Wildman–Crippen MR) is 99.7 cm³/mol. The summed E-state index contributed by atoms with van der Waals surface area (Å²) in [6, 6.07) is 16.0. The summed E-state index contributed by atoms with van der Waals surface area (Å²) in [4.78, 5) is 0. The first-order valence-corrected chi connectivity index (χ1v) is 8.88. The molecule has 3 rings (SSSR count). The van der Waals surface area contributed by atoms with E-state index in [-0.39, 0.29) is 11.5 Å². The van der Waals surface area contributed by atoms with Gasteiger partial charge in [0.25, 0.3) is 0 Å². The smallest absolute Gasteiger partial charge is 0.115 e. The van der Waals surface area contributed by atoms with E-state index < -0.39 is 0 Å². The Morgan fingerprint density at radius 2 is 1.91 bits per heavy atom. The van der Waals surface area contributed by atoms with Crippen LogP contribution in [0.3, 0.4) is 0 Å². The Labute approximate surface area is 142 Å². The van der Waals surface area contributed by atoms with Crippen molar-refractivity contribution in [1.82, 2.24) is 0 Å². The van der Waals surface area contributed by atoms with Crippen molar-refractivity contribution in [3.05, 3.63) is 70.6 Å². The molecule has 0 saturated carbocycles. The van der Waals surface area contributed by atoms with E-state index in [1.165, 1.54) is 16.7 Å². The lowest BCUT2D eigenvalue weighted by molar-refractivity contribution is 0.369. The van der Waals surface area contributed by atoms with Gasteiger partial charge in [0, 0.05) is 16.7 Å². The predicted octanol–water partition coefficient (Wildman–Crippen LogP) is 4.33. The molecule has 0 aliphatic heterocycles. The van der Waals surface area contributed by atoms with Gasteiger partial charge in [-0.2, -0.15) is 0 Å². The maximum Gasteiger partial charge on any atom is 0.115 e. The lowest BCUT2D eigenvalue weighted by Gasteiger charge is -2.42. The fourth-order valence-corrected chi connectivity index (χ4v) is 4.47. The molecule has 23 heavy (non-hydrogen) atoms. The zero-order valence-electron chi connectivity index (χ0n) is 13.6. The summed E-state index contributed by atoms with van der Waals surface area (Å²) in [6.07, 6.45) is 3.07. The minimum absolute atomic E-state index is 0.0437. The second-order valence-electron chi connectivity index (χ2n) is 6.68. The van der Waals surface area contributed by atoms with E-state index in [2.05, 4.69) is 37.5 Å². The Morgan fingerprint density at radius 3 is 2.65 bits per heavy atom. The highest BCUT2D eigenvalue weighted by Crippen LogP contribution is 2.41. The quantitative estimate of drug-likeness (QED) is 0.883. The van der Waals surface area contributed by atoms with Crippen molar-refractivity contribution < 1.29 is 5.11 Å². The average molecular weight is 325 g/mol. The molecular formula is C20H23NOS. The first kappa shape index (κ1) is 16.2. The highest BCUT2D eigenvalue weighted by Gasteiger charge is 2.40. The van der Waals surface area contributed by atoms with Crippen LogP contribution in [0.5, 0.6) is 5.75 Å². The molecule has 2 aromatic rings. The Kier molecular flexibility index (Phi) is 4.51. The van der Waals surface area contributed by atoms with E-state index >= 15 is 0 Å². The summed E-state index contributed by atoms with van der Waals surface area (Å²) in [6.45, 7) is 4.34. The lowest BCUT2D eigenvalue weighted by atomic mass is 9.69. The van der Waals surface area contributed by atoms with Gasteiger partial charge in [-0.25, -0.2) is 0 Å². The third-order valence-corrected chi connectivity index (χ3v) is 5.86. The molecule has 2 nitrogen and oxygen atoms in total. The van der Waals surface area contributed by atoms with Crippen molar-refractivity contribution in [2.75, 3.05) is 0 Å². The van der Waals surface area contributed by atoms with Crippen LogP contribution in [0.25, 0.3) is 6.08 Å². The highest BCUT2D eigenvalue weighted by atomic mass is 32.2. The van der Waals surface area contributed by atoms with Gasteiger partial charge in [-0.1, -0.05) is 50.2 Å². The van der Waals surface area contributed by atoms with E-state index in [0.717, 1.165) is 6.42 Å². The zero-order chi connectivity index (χ0) is 16.4. The summed E-state index contributed by atoms with van der Waals surface area (Å²) in [7, 11) is 0. The Balaban J connectivity index is 1.79. The first-order valence-electron chi connectivity index (χ1n) is 7.93. The van der Waals surface area contributed by atoms with Gasteiger partial charge >= 0.3 is 0 Å². The molecule has 0 radical (unpaired) electrons. The molecule has 2 aromatic carbocycles. The fourth-order valence-electron chi connectivity index (χ4n) is 3.25. The average Bonchev–Trinajstić information content (AvgIpc) is 2.54. The number of benzene rings is 2. The Hall–Kier alpha value is -1.71. The number of hydrogen-bond acceptors (Lipinski definition) is 3. The number of nitrogens with two attached hydrogens (primary N) is 1. The van der Waals surface area contributed by atoms with Gasteiger partial charge in [-0.05, 0) is 46.7 Å². The summed E-state index contributed by atoms with van der Waals surface area (Å²) < 4.78 is 0. The molecule has 1 aliphatic carbocycles. The summed E-state index contributed by atoms with van der Waals surface area (Å²) in [5, 5.41) is 12.3. The number of hydrogen-bond donors (Lipinski definition) is 2. The second-order valence-corrected chi connectivity index (χ2v) is 7.83. The molecule has 2 atom stereocenters. The van der Waals surface area contributed by atoms with E-state index in [0.29, 0.717) is 11.0 Å². The van der Waals surface area contributed by atoms with Crippen LogP contribution in [0.4, 0.5) is 0 Å². The van der Waals surface area contributed by atoms with Crippen LogP contribution < -0.4 is 5.73 Å². The molecule has 1 aliphatic rings. The van der Waals surface area contributed by atoms with Crippen molar-refractivity contribution in [1.29, 1.82) is 0 Å². The normalized spacial score (nSPS) is 22.9. The van der Waals surface area contributed by atoms with E-state index in [9.17, 15) is 5.11 Å². The van der Waals surface area contributed by atoms with Gasteiger partial charge in [-0.15, -0.1) is 11.8 Å². The van der Waals surface area contributed by atoms with Crippen LogP contribution in [0.2, 0.25) is 0 Å². The van der Waals surface area contributed by atoms with Crippen molar-refractivity contribution in [2.24, 2.45) is 5.73 Å². The molecule has 3 N–H and O–H groups in total. The van der Waals surface area contributed by atoms with Gasteiger partial charge in [0.2, 0.25) is 0 Å². The molecule has 3 heteroatoms. The van der Waals surface area contributed by atoms with Crippen molar-refractivity contribution in [3.63, 3.8) is 0 Å². The SMILES string of the molecule is CC1(C)c2cc(O)ccc2C[C@H](SC=Cc2ccccc2)[C@H]1N. The van der Waals surface area contributed by atoms with E-state index in [1.54, 1.807) is 17.8 Å². The molecule has 0 unspecified atom stereocenters. The Morgan fingerprint density at radius 1 is 1.17 bits per heavy atom. The lowest BCUT2D eigenvalue weighted by Crippen LogP contribution is -2.52. The minimum Gasteiger partial charge on any atom is -0.508 e. The van der Waals surface area contributed by atoms with Crippen LogP contribution in [-0.2, 0) is 11.8 Å². The number of thioether (sulfide) groups is 1. The Bertz CT molecular complexity index is 709. The molecule has 120 valence electrons. The largest absolute Gasteiger partial charge is 0.508 e. The number of phenolic OH excluding ortho intramolecular Hbond substituents is 1. The maximum atomic E-state index is 9.78. The van der Waals surface area contributed by atoms with Crippen LogP contribution in [0.15, 0.2) is 53.9 Å². The highest BCUT2D eigenvalue weighted by molar-refractivity contribution is 8.02. The van der Waals surface area contributed by atoms with Gasteiger partial charge in [-0.3, -0.25) is 0 Å². The molecule has 0 bridgehead atoms. The molecule has 0 heterocycles. The minimum atomic E-state index is -0.148. The number of fused-ring (bicyclic) bond motifs is 1. The zero-order valence-corrected chi connectivity index (χ0v) is 14.4. The first-order chi connectivity index (χ1) is 11.0. The van der Waals surface area contributed by atoms with Crippen LogP contribution in [0.1, 0.15) is 30.5 Å². The topological polar surface area (TPSA) is 46.2 Å². The second kappa shape index (κ2) is 6.42. The molecule has 0 amide bonds. The van der Waals surface area contributed by atoms with Gasteiger partial charge < -0.3 is 10.8 Å². The van der Waals surface area contributed by atoms with E-state index in [1.807, 2.05) is 30.3 Å². The summed E-state index contributed by atoms with van der Waals surface area (Å²) in [5.74, 6) is 0.319. The van der Waals surface area contributed by atoms with Crippen LogP contribution in [0, 0.1) is 0 Å².